The Morgan fingerprint density at radius 3 is 2.50 bits per heavy atom. The van der Waals surface area contributed by atoms with E-state index in [9.17, 15) is 9.59 Å². The number of hydrogen-bond donors (Lipinski definition) is 1. The van der Waals surface area contributed by atoms with Gasteiger partial charge >= 0.3 is 5.97 Å². The van der Waals surface area contributed by atoms with E-state index in [-0.39, 0.29) is 17.6 Å². The van der Waals surface area contributed by atoms with Gasteiger partial charge in [0.15, 0.2) is 0 Å². The first kappa shape index (κ1) is 11.5. The zero-order valence-corrected chi connectivity index (χ0v) is 9.52. The summed E-state index contributed by atoms with van der Waals surface area (Å²) in [6.07, 6.45) is 0. The van der Waals surface area contributed by atoms with Gasteiger partial charge in [-0.05, 0) is 5.92 Å². The molecule has 1 amide bonds. The lowest BCUT2D eigenvalue weighted by Gasteiger charge is -2.26. The van der Waals surface area contributed by atoms with Crippen LogP contribution in [0.15, 0.2) is 0 Å². The molecular formula is C8H11NO3S2. The van der Waals surface area contributed by atoms with Gasteiger partial charge in [-0.1, -0.05) is 37.8 Å². The molecule has 0 aliphatic carbocycles. The molecule has 0 saturated carbocycles. The van der Waals surface area contributed by atoms with Crippen molar-refractivity contribution in [1.82, 2.24) is 4.90 Å². The Kier molecular flexibility index (Phi) is 3.49. The van der Waals surface area contributed by atoms with E-state index in [0.29, 0.717) is 4.32 Å². The van der Waals surface area contributed by atoms with Gasteiger partial charge in [0.1, 0.15) is 10.4 Å². The van der Waals surface area contributed by atoms with Gasteiger partial charge in [-0.15, -0.1) is 0 Å². The van der Waals surface area contributed by atoms with Crippen LogP contribution in [-0.4, -0.2) is 38.0 Å². The summed E-state index contributed by atoms with van der Waals surface area (Å²) < 4.78 is 0.371. The minimum atomic E-state index is -1.00. The lowest BCUT2D eigenvalue weighted by molar-refractivity contribution is -0.147. The smallest absolute Gasteiger partial charge is 0.327 e. The molecule has 4 nitrogen and oxygen atoms in total. The average molecular weight is 233 g/mol. The van der Waals surface area contributed by atoms with Gasteiger partial charge in [-0.2, -0.15) is 0 Å². The first-order valence-electron chi connectivity index (χ1n) is 4.16. The van der Waals surface area contributed by atoms with Gasteiger partial charge < -0.3 is 5.11 Å². The van der Waals surface area contributed by atoms with Crippen molar-refractivity contribution < 1.29 is 14.7 Å². The number of amides is 1. The number of carboxylic acid groups (broad SMARTS) is 1. The molecule has 6 heteroatoms. The Hall–Kier alpha value is -0.620. The van der Waals surface area contributed by atoms with E-state index in [2.05, 4.69) is 0 Å². The van der Waals surface area contributed by atoms with E-state index in [1.807, 2.05) is 0 Å². The Morgan fingerprint density at radius 1 is 1.64 bits per heavy atom. The van der Waals surface area contributed by atoms with Crippen molar-refractivity contribution in [2.75, 3.05) is 5.75 Å². The lowest BCUT2D eigenvalue weighted by atomic mass is 10.0. The van der Waals surface area contributed by atoms with E-state index in [1.54, 1.807) is 13.8 Å². The first-order valence-corrected chi connectivity index (χ1v) is 5.56. The normalized spacial score (nSPS) is 19.2. The minimum absolute atomic E-state index is 0.145. The van der Waals surface area contributed by atoms with Gasteiger partial charge in [0, 0.05) is 0 Å². The van der Waals surface area contributed by atoms with Crippen LogP contribution in [0.5, 0.6) is 0 Å². The summed E-state index contributed by atoms with van der Waals surface area (Å²) in [4.78, 5) is 23.6. The molecule has 0 unspecified atom stereocenters. The van der Waals surface area contributed by atoms with E-state index in [0.717, 1.165) is 0 Å². The van der Waals surface area contributed by atoms with Gasteiger partial charge in [-0.25, -0.2) is 4.79 Å². The van der Waals surface area contributed by atoms with Crippen LogP contribution in [-0.2, 0) is 9.59 Å². The van der Waals surface area contributed by atoms with Crippen molar-refractivity contribution in [1.29, 1.82) is 0 Å². The lowest BCUT2D eigenvalue weighted by Crippen LogP contribution is -2.47. The standard InChI is InChI=1S/C8H11NO3S2/c1-4(2)6(7(11)12)9-5(10)3-14-8(9)13/h4,6H,3H2,1-2H3,(H,11,12)/t6-/m1/s1. The number of carbonyl (C=O) groups excluding carboxylic acids is 1. The summed E-state index contributed by atoms with van der Waals surface area (Å²) in [6, 6.07) is -0.829. The van der Waals surface area contributed by atoms with Crippen molar-refractivity contribution in [2.45, 2.75) is 19.9 Å². The molecule has 0 aromatic rings. The number of carbonyl (C=O) groups is 2. The second-order valence-electron chi connectivity index (χ2n) is 3.35. The van der Waals surface area contributed by atoms with Crippen LogP contribution >= 0.6 is 24.0 Å². The maximum atomic E-state index is 11.4. The van der Waals surface area contributed by atoms with E-state index < -0.39 is 12.0 Å². The van der Waals surface area contributed by atoms with Crippen LogP contribution < -0.4 is 0 Å². The predicted octanol–water partition coefficient (Wildman–Crippen LogP) is 0.956. The molecule has 0 spiro atoms. The number of rotatable bonds is 3. The van der Waals surface area contributed by atoms with Crippen molar-refractivity contribution >= 4 is 40.2 Å². The molecule has 14 heavy (non-hydrogen) atoms. The molecule has 78 valence electrons. The largest absolute Gasteiger partial charge is 0.480 e. The highest BCUT2D eigenvalue weighted by Crippen LogP contribution is 2.25. The van der Waals surface area contributed by atoms with E-state index in [4.69, 9.17) is 17.3 Å². The quantitative estimate of drug-likeness (QED) is 0.736. The van der Waals surface area contributed by atoms with Crippen molar-refractivity contribution in [3.8, 4) is 0 Å². The fourth-order valence-corrected chi connectivity index (χ4v) is 2.46. The molecule has 1 saturated heterocycles. The third-order valence-electron chi connectivity index (χ3n) is 1.95. The summed E-state index contributed by atoms with van der Waals surface area (Å²) in [5.74, 6) is -1.09. The van der Waals surface area contributed by atoms with E-state index >= 15 is 0 Å². The third-order valence-corrected chi connectivity index (χ3v) is 3.33. The summed E-state index contributed by atoms with van der Waals surface area (Å²) in [7, 11) is 0. The first-order chi connectivity index (χ1) is 6.45. The predicted molar refractivity (Wildman–Crippen MR) is 58.2 cm³/mol. The Balaban J connectivity index is 2.92. The second kappa shape index (κ2) is 4.27. The summed E-state index contributed by atoms with van der Waals surface area (Å²) in [6.45, 7) is 3.52. The molecule has 1 aliphatic heterocycles. The Morgan fingerprint density at radius 2 is 2.21 bits per heavy atom. The van der Waals surface area contributed by atoms with Gasteiger partial charge in [0.05, 0.1) is 5.75 Å². The molecule has 0 bridgehead atoms. The molecule has 0 aromatic heterocycles. The molecule has 1 aliphatic rings. The highest BCUT2D eigenvalue weighted by Gasteiger charge is 2.38. The molecule has 1 fully saturated rings. The number of thiocarbonyl (C=S) groups is 1. The zero-order valence-electron chi connectivity index (χ0n) is 7.89. The summed E-state index contributed by atoms with van der Waals surface area (Å²) in [5, 5.41) is 8.98. The summed E-state index contributed by atoms with van der Waals surface area (Å²) >= 11 is 6.16. The third kappa shape index (κ3) is 2.06. The zero-order chi connectivity index (χ0) is 10.9. The SMILES string of the molecule is CC(C)[C@H](C(=O)O)N1C(=O)CSC1=S. The maximum absolute atomic E-state index is 11.4. The fourth-order valence-electron chi connectivity index (χ4n) is 1.33. The molecule has 0 radical (unpaired) electrons. The maximum Gasteiger partial charge on any atom is 0.327 e. The molecule has 1 N–H and O–H groups in total. The number of aliphatic carboxylic acids is 1. The van der Waals surface area contributed by atoms with Crippen molar-refractivity contribution in [2.24, 2.45) is 5.92 Å². The van der Waals surface area contributed by atoms with Crippen LogP contribution in [0, 0.1) is 5.92 Å². The minimum Gasteiger partial charge on any atom is -0.480 e. The molecule has 1 rings (SSSR count). The van der Waals surface area contributed by atoms with Crippen LogP contribution in [0.3, 0.4) is 0 Å². The molecule has 0 aromatic carbocycles. The second-order valence-corrected chi connectivity index (χ2v) is 4.95. The van der Waals surface area contributed by atoms with Crippen LogP contribution in [0.2, 0.25) is 0 Å². The van der Waals surface area contributed by atoms with Gasteiger partial charge in [0.25, 0.3) is 0 Å². The van der Waals surface area contributed by atoms with Gasteiger partial charge in [0.2, 0.25) is 5.91 Å². The number of hydrogen-bond acceptors (Lipinski definition) is 4. The monoisotopic (exact) mass is 233 g/mol. The Labute approximate surface area is 91.6 Å². The van der Waals surface area contributed by atoms with Crippen LogP contribution in [0.1, 0.15) is 13.8 Å². The number of carboxylic acids is 1. The molecular weight excluding hydrogens is 222 g/mol. The van der Waals surface area contributed by atoms with Crippen LogP contribution in [0.25, 0.3) is 0 Å². The highest BCUT2D eigenvalue weighted by atomic mass is 32.2. The van der Waals surface area contributed by atoms with Crippen molar-refractivity contribution in [3.05, 3.63) is 0 Å². The number of nitrogens with zero attached hydrogens (tertiary/aromatic N) is 1. The van der Waals surface area contributed by atoms with Gasteiger partial charge in [-0.3, -0.25) is 9.69 Å². The Bertz CT molecular complexity index is 274. The summed E-state index contributed by atoms with van der Waals surface area (Å²) in [5.41, 5.74) is 0. The number of thioether (sulfide) groups is 1. The fraction of sp³-hybridized carbons (Fsp3) is 0.625. The van der Waals surface area contributed by atoms with E-state index in [1.165, 1.54) is 16.7 Å². The topological polar surface area (TPSA) is 57.6 Å². The van der Waals surface area contributed by atoms with Crippen molar-refractivity contribution in [3.63, 3.8) is 0 Å². The molecule has 1 heterocycles. The van der Waals surface area contributed by atoms with Crippen LogP contribution in [0.4, 0.5) is 0 Å². The average Bonchev–Trinajstić information content (AvgIpc) is 2.34. The highest BCUT2D eigenvalue weighted by molar-refractivity contribution is 8.23. The molecule has 1 atom stereocenters.